The van der Waals surface area contributed by atoms with Gasteiger partial charge in [-0.25, -0.2) is 0 Å². The van der Waals surface area contributed by atoms with Crippen LogP contribution in [-0.2, 0) is 4.79 Å². The second-order valence-corrected chi connectivity index (χ2v) is 5.82. The van der Waals surface area contributed by atoms with Gasteiger partial charge in [0.05, 0.1) is 5.69 Å². The number of hydrogen-bond acceptors (Lipinski definition) is 3. The molecule has 1 amide bonds. The van der Waals surface area contributed by atoms with Gasteiger partial charge in [-0.2, -0.15) is 0 Å². The number of fused-ring (bicyclic) bond motifs is 1. The van der Waals surface area contributed by atoms with E-state index < -0.39 is 0 Å². The van der Waals surface area contributed by atoms with Crippen LogP contribution in [0.3, 0.4) is 0 Å². The standard InChI is InChI=1S/C13H15Br2NO3/c14-4-2-1-3-13(17)16-10-8-12-11(7-9(10)15)18-5-6-19-12/h7-8H,1-6H2,(H,16,17). The lowest BCUT2D eigenvalue weighted by Crippen LogP contribution is -2.16. The minimum atomic E-state index is 0.0123. The van der Waals surface area contributed by atoms with Gasteiger partial charge in [0.25, 0.3) is 0 Å². The first kappa shape index (κ1) is 14.7. The normalized spacial score (nSPS) is 13.2. The van der Waals surface area contributed by atoms with Crippen LogP contribution in [-0.4, -0.2) is 24.5 Å². The zero-order chi connectivity index (χ0) is 13.7. The molecule has 1 aromatic rings. The van der Waals surface area contributed by atoms with Crippen molar-refractivity contribution in [1.82, 2.24) is 0 Å². The third-order valence-corrected chi connectivity index (χ3v) is 3.91. The van der Waals surface area contributed by atoms with Crippen LogP contribution in [0.2, 0.25) is 0 Å². The lowest BCUT2D eigenvalue weighted by molar-refractivity contribution is -0.116. The van der Waals surface area contributed by atoms with Crippen molar-refractivity contribution in [2.24, 2.45) is 0 Å². The molecule has 0 radical (unpaired) electrons. The van der Waals surface area contributed by atoms with E-state index in [1.54, 1.807) is 6.07 Å². The van der Waals surface area contributed by atoms with E-state index >= 15 is 0 Å². The number of alkyl halides is 1. The molecule has 1 heterocycles. The predicted molar refractivity (Wildman–Crippen MR) is 81.4 cm³/mol. The molecular weight excluding hydrogens is 378 g/mol. The summed E-state index contributed by atoms with van der Waals surface area (Å²) in [6.45, 7) is 1.09. The molecule has 1 aromatic carbocycles. The van der Waals surface area contributed by atoms with Crippen molar-refractivity contribution in [2.75, 3.05) is 23.9 Å². The molecule has 4 nitrogen and oxygen atoms in total. The minimum Gasteiger partial charge on any atom is -0.486 e. The van der Waals surface area contributed by atoms with Gasteiger partial charge in [0.15, 0.2) is 11.5 Å². The fourth-order valence-corrected chi connectivity index (χ4v) is 2.57. The van der Waals surface area contributed by atoms with E-state index in [-0.39, 0.29) is 5.91 Å². The average Bonchev–Trinajstić information content (AvgIpc) is 2.40. The second-order valence-electron chi connectivity index (χ2n) is 4.17. The molecular formula is C13H15Br2NO3. The van der Waals surface area contributed by atoms with Gasteiger partial charge in [0.2, 0.25) is 5.91 Å². The van der Waals surface area contributed by atoms with E-state index in [1.807, 2.05) is 6.07 Å². The monoisotopic (exact) mass is 391 g/mol. The summed E-state index contributed by atoms with van der Waals surface area (Å²) >= 11 is 6.78. The Bertz CT molecular complexity index is 465. The van der Waals surface area contributed by atoms with Crippen molar-refractivity contribution >= 4 is 43.5 Å². The van der Waals surface area contributed by atoms with Crippen molar-refractivity contribution in [2.45, 2.75) is 19.3 Å². The molecule has 0 saturated carbocycles. The number of benzene rings is 1. The molecule has 0 aromatic heterocycles. The maximum Gasteiger partial charge on any atom is 0.224 e. The summed E-state index contributed by atoms with van der Waals surface area (Å²) in [6.07, 6.45) is 2.39. The van der Waals surface area contributed by atoms with Crippen LogP contribution >= 0.6 is 31.9 Å². The molecule has 0 aliphatic carbocycles. The number of rotatable bonds is 5. The molecule has 0 bridgehead atoms. The highest BCUT2D eigenvalue weighted by Gasteiger charge is 2.15. The first-order chi connectivity index (χ1) is 9.20. The van der Waals surface area contributed by atoms with Crippen LogP contribution in [0, 0.1) is 0 Å². The molecule has 1 N–H and O–H groups in total. The molecule has 0 unspecified atom stereocenters. The summed E-state index contributed by atoms with van der Waals surface area (Å²) in [7, 11) is 0. The summed E-state index contributed by atoms with van der Waals surface area (Å²) in [5.41, 5.74) is 0.716. The minimum absolute atomic E-state index is 0.0123. The van der Waals surface area contributed by atoms with Crippen LogP contribution in [0.4, 0.5) is 5.69 Å². The van der Waals surface area contributed by atoms with Gasteiger partial charge in [0, 0.05) is 28.4 Å². The highest BCUT2D eigenvalue weighted by Crippen LogP contribution is 2.38. The SMILES string of the molecule is O=C(CCCCBr)Nc1cc2c(cc1Br)OCCO2. The Hall–Kier alpha value is -0.750. The van der Waals surface area contributed by atoms with Crippen LogP contribution in [0.1, 0.15) is 19.3 Å². The Morgan fingerprint density at radius 2 is 1.89 bits per heavy atom. The van der Waals surface area contributed by atoms with E-state index in [4.69, 9.17) is 9.47 Å². The zero-order valence-electron chi connectivity index (χ0n) is 10.4. The fourth-order valence-electron chi connectivity index (χ4n) is 1.75. The molecule has 2 rings (SSSR count). The highest BCUT2D eigenvalue weighted by atomic mass is 79.9. The first-order valence-corrected chi connectivity index (χ1v) is 8.07. The van der Waals surface area contributed by atoms with Crippen LogP contribution in [0.5, 0.6) is 11.5 Å². The van der Waals surface area contributed by atoms with Gasteiger partial charge < -0.3 is 14.8 Å². The van der Waals surface area contributed by atoms with Crippen molar-refractivity contribution in [1.29, 1.82) is 0 Å². The second kappa shape index (κ2) is 7.14. The van der Waals surface area contributed by atoms with Gasteiger partial charge in [-0.05, 0) is 28.8 Å². The Morgan fingerprint density at radius 3 is 2.58 bits per heavy atom. The summed E-state index contributed by atoms with van der Waals surface area (Å²) in [5, 5.41) is 3.81. The third-order valence-electron chi connectivity index (χ3n) is 2.69. The van der Waals surface area contributed by atoms with Crippen molar-refractivity contribution in [3.63, 3.8) is 0 Å². The van der Waals surface area contributed by atoms with Gasteiger partial charge in [0.1, 0.15) is 13.2 Å². The summed E-state index contributed by atoms with van der Waals surface area (Å²) < 4.78 is 11.8. The van der Waals surface area contributed by atoms with Crippen LogP contribution in [0.15, 0.2) is 16.6 Å². The Kier molecular flexibility index (Phi) is 5.51. The smallest absolute Gasteiger partial charge is 0.224 e. The number of ether oxygens (including phenoxy) is 2. The number of carbonyl (C=O) groups is 1. The summed E-state index contributed by atoms with van der Waals surface area (Å²) in [5.74, 6) is 1.39. The Labute approximate surface area is 129 Å². The Balaban J connectivity index is 2.01. The zero-order valence-corrected chi connectivity index (χ0v) is 13.6. The largest absolute Gasteiger partial charge is 0.486 e. The number of carbonyl (C=O) groups excluding carboxylic acids is 1. The topological polar surface area (TPSA) is 47.6 Å². The van der Waals surface area contributed by atoms with Gasteiger partial charge in [-0.3, -0.25) is 4.79 Å². The average molecular weight is 393 g/mol. The van der Waals surface area contributed by atoms with E-state index in [9.17, 15) is 4.79 Å². The highest BCUT2D eigenvalue weighted by molar-refractivity contribution is 9.10. The maximum atomic E-state index is 11.8. The van der Waals surface area contributed by atoms with E-state index in [0.29, 0.717) is 36.8 Å². The first-order valence-electron chi connectivity index (χ1n) is 6.15. The molecule has 19 heavy (non-hydrogen) atoms. The maximum absolute atomic E-state index is 11.8. The van der Waals surface area contributed by atoms with Crippen molar-refractivity contribution in [3.05, 3.63) is 16.6 Å². The molecule has 0 saturated heterocycles. The number of hydrogen-bond donors (Lipinski definition) is 1. The van der Waals surface area contributed by atoms with Crippen LogP contribution in [0.25, 0.3) is 0 Å². The molecule has 0 fully saturated rings. The van der Waals surface area contributed by atoms with E-state index in [1.165, 1.54) is 0 Å². The number of unbranched alkanes of at least 4 members (excludes halogenated alkanes) is 1. The third kappa shape index (κ3) is 4.11. The quantitative estimate of drug-likeness (QED) is 0.613. The van der Waals surface area contributed by atoms with Gasteiger partial charge in [-0.15, -0.1) is 0 Å². The lowest BCUT2D eigenvalue weighted by Gasteiger charge is -2.20. The number of amides is 1. The number of nitrogens with one attached hydrogen (secondary N) is 1. The molecule has 104 valence electrons. The van der Waals surface area contributed by atoms with Crippen LogP contribution < -0.4 is 14.8 Å². The van der Waals surface area contributed by atoms with Crippen molar-refractivity contribution < 1.29 is 14.3 Å². The Morgan fingerprint density at radius 1 is 1.21 bits per heavy atom. The number of anilines is 1. The van der Waals surface area contributed by atoms with Gasteiger partial charge in [-0.1, -0.05) is 15.9 Å². The summed E-state index contributed by atoms with van der Waals surface area (Å²) in [4.78, 5) is 11.8. The van der Waals surface area contributed by atoms with E-state index in [2.05, 4.69) is 37.2 Å². The molecule has 6 heteroatoms. The lowest BCUT2D eigenvalue weighted by atomic mass is 10.2. The molecule has 0 spiro atoms. The fraction of sp³-hybridized carbons (Fsp3) is 0.462. The summed E-state index contributed by atoms with van der Waals surface area (Å²) in [6, 6.07) is 3.61. The molecule has 0 atom stereocenters. The molecule has 1 aliphatic heterocycles. The number of halogens is 2. The molecule has 1 aliphatic rings. The predicted octanol–water partition coefficient (Wildman–Crippen LogP) is 3.72. The van der Waals surface area contributed by atoms with E-state index in [0.717, 1.165) is 22.6 Å². The van der Waals surface area contributed by atoms with Crippen molar-refractivity contribution in [3.8, 4) is 11.5 Å². The van der Waals surface area contributed by atoms with Gasteiger partial charge >= 0.3 is 0 Å².